The van der Waals surface area contributed by atoms with E-state index in [0.717, 1.165) is 16.8 Å². The van der Waals surface area contributed by atoms with Crippen molar-refractivity contribution in [1.82, 2.24) is 5.32 Å². The van der Waals surface area contributed by atoms with Gasteiger partial charge in [-0.25, -0.2) is 0 Å². The van der Waals surface area contributed by atoms with Gasteiger partial charge < -0.3 is 15.7 Å². The molecule has 0 saturated heterocycles. The maximum absolute atomic E-state index is 12.1. The first kappa shape index (κ1) is 14.4. The molecule has 2 aliphatic heterocycles. The Morgan fingerprint density at radius 2 is 2.14 bits per heavy atom. The number of fused-ring (bicyclic) bond motifs is 1. The summed E-state index contributed by atoms with van der Waals surface area (Å²) in [4.78, 5) is 22.8. The molecule has 2 heterocycles. The Kier molecular flexibility index (Phi) is 3.71. The van der Waals surface area contributed by atoms with Crippen molar-refractivity contribution in [1.29, 1.82) is 0 Å². The number of anilines is 1. The number of carboxylic acids is 1. The molecule has 0 fully saturated rings. The van der Waals surface area contributed by atoms with Crippen LogP contribution < -0.4 is 10.6 Å². The summed E-state index contributed by atoms with van der Waals surface area (Å²) in [5.74, 6) is -0.708. The van der Waals surface area contributed by atoms with E-state index in [0.29, 0.717) is 12.0 Å². The number of hydrogen-bond acceptors (Lipinski definition) is 3. The van der Waals surface area contributed by atoms with Crippen molar-refractivity contribution in [2.75, 3.05) is 5.32 Å². The van der Waals surface area contributed by atoms with Crippen LogP contribution >= 0.6 is 0 Å². The van der Waals surface area contributed by atoms with E-state index in [-0.39, 0.29) is 24.3 Å². The van der Waals surface area contributed by atoms with Gasteiger partial charge in [0.2, 0.25) is 0 Å². The van der Waals surface area contributed by atoms with Crippen LogP contribution in [-0.2, 0) is 9.59 Å². The zero-order valence-corrected chi connectivity index (χ0v) is 12.3. The number of amides is 1. The number of carboxylic acid groups (broad SMARTS) is 1. The first-order valence-corrected chi connectivity index (χ1v) is 7.35. The first-order chi connectivity index (χ1) is 10.6. The van der Waals surface area contributed by atoms with Gasteiger partial charge in [-0.2, -0.15) is 0 Å². The Balaban J connectivity index is 1.77. The second kappa shape index (κ2) is 5.67. The molecule has 0 bridgehead atoms. The highest BCUT2D eigenvalue weighted by molar-refractivity contribution is 6.31. The van der Waals surface area contributed by atoms with Crippen LogP contribution in [0.2, 0.25) is 0 Å². The van der Waals surface area contributed by atoms with Crippen LogP contribution in [0, 0.1) is 5.92 Å². The van der Waals surface area contributed by atoms with Crippen molar-refractivity contribution in [2.45, 2.75) is 25.8 Å². The van der Waals surface area contributed by atoms with E-state index in [9.17, 15) is 9.59 Å². The minimum Gasteiger partial charge on any atom is -0.481 e. The molecule has 1 aromatic rings. The van der Waals surface area contributed by atoms with Crippen molar-refractivity contribution >= 4 is 23.1 Å². The van der Waals surface area contributed by atoms with E-state index < -0.39 is 5.97 Å². The average Bonchev–Trinajstić information content (AvgIpc) is 2.99. The minimum absolute atomic E-state index is 0.00991. The smallest absolute Gasteiger partial charge is 0.303 e. The van der Waals surface area contributed by atoms with Crippen LogP contribution in [0.3, 0.4) is 0 Å². The van der Waals surface area contributed by atoms with Crippen molar-refractivity contribution in [2.24, 2.45) is 5.92 Å². The number of para-hydroxylation sites is 1. The Bertz CT molecular complexity index is 691. The average molecular weight is 298 g/mol. The largest absolute Gasteiger partial charge is 0.481 e. The third-order valence-corrected chi connectivity index (χ3v) is 4.27. The van der Waals surface area contributed by atoms with Crippen LogP contribution in [-0.4, -0.2) is 23.0 Å². The summed E-state index contributed by atoms with van der Waals surface area (Å²) >= 11 is 0. The van der Waals surface area contributed by atoms with Crippen molar-refractivity contribution in [3.05, 3.63) is 47.7 Å². The van der Waals surface area contributed by atoms with E-state index in [1.54, 1.807) is 0 Å². The van der Waals surface area contributed by atoms with Crippen LogP contribution in [0.5, 0.6) is 0 Å². The molecule has 1 aromatic carbocycles. The van der Waals surface area contributed by atoms with Gasteiger partial charge in [0, 0.05) is 29.2 Å². The van der Waals surface area contributed by atoms with Crippen molar-refractivity contribution in [3.63, 3.8) is 0 Å². The fraction of sp³-hybridized carbons (Fsp3) is 0.294. The van der Waals surface area contributed by atoms with Gasteiger partial charge in [-0.05, 0) is 30.3 Å². The second-order valence-corrected chi connectivity index (χ2v) is 5.67. The zero-order chi connectivity index (χ0) is 15.7. The van der Waals surface area contributed by atoms with E-state index in [4.69, 9.17) is 5.11 Å². The topological polar surface area (TPSA) is 78.4 Å². The van der Waals surface area contributed by atoms with E-state index in [1.165, 1.54) is 0 Å². The minimum atomic E-state index is -0.793. The van der Waals surface area contributed by atoms with E-state index >= 15 is 0 Å². The molecule has 0 aromatic heterocycles. The molecule has 0 saturated carbocycles. The van der Waals surface area contributed by atoms with Crippen LogP contribution in [0.1, 0.15) is 25.3 Å². The van der Waals surface area contributed by atoms with Gasteiger partial charge in [-0.3, -0.25) is 9.59 Å². The molecule has 3 rings (SSSR count). The van der Waals surface area contributed by atoms with E-state index in [1.807, 2.05) is 43.5 Å². The molecule has 1 amide bonds. The predicted molar refractivity (Wildman–Crippen MR) is 84.1 cm³/mol. The maximum atomic E-state index is 12.1. The van der Waals surface area contributed by atoms with Gasteiger partial charge in [0.25, 0.3) is 5.91 Å². The Hall–Kier alpha value is -2.56. The molecule has 22 heavy (non-hydrogen) atoms. The highest BCUT2D eigenvalue weighted by Crippen LogP contribution is 2.34. The lowest BCUT2D eigenvalue weighted by molar-refractivity contribution is -0.137. The first-order valence-electron chi connectivity index (χ1n) is 7.35. The van der Waals surface area contributed by atoms with Gasteiger partial charge in [0.1, 0.15) is 0 Å². The van der Waals surface area contributed by atoms with Crippen LogP contribution in [0.25, 0.3) is 5.57 Å². The Labute approximate surface area is 128 Å². The molecule has 2 atom stereocenters. The lowest BCUT2D eigenvalue weighted by atomic mass is 9.92. The molecule has 114 valence electrons. The number of benzene rings is 1. The van der Waals surface area contributed by atoms with Gasteiger partial charge in [0.15, 0.2) is 0 Å². The summed E-state index contributed by atoms with van der Waals surface area (Å²) in [7, 11) is 0. The van der Waals surface area contributed by atoms with Crippen molar-refractivity contribution in [3.8, 4) is 0 Å². The number of rotatable bonds is 4. The Morgan fingerprint density at radius 3 is 2.91 bits per heavy atom. The number of carbonyl (C=O) groups is 2. The molecule has 2 aliphatic rings. The molecule has 5 nitrogen and oxygen atoms in total. The highest BCUT2D eigenvalue weighted by atomic mass is 16.4. The summed E-state index contributed by atoms with van der Waals surface area (Å²) in [6, 6.07) is 7.63. The number of nitrogens with one attached hydrogen (secondary N) is 2. The van der Waals surface area contributed by atoms with Gasteiger partial charge in [-0.1, -0.05) is 25.1 Å². The van der Waals surface area contributed by atoms with Gasteiger partial charge in [-0.15, -0.1) is 0 Å². The number of hydrogen-bond donors (Lipinski definition) is 3. The van der Waals surface area contributed by atoms with Gasteiger partial charge in [0.05, 0.1) is 6.04 Å². The lowest BCUT2D eigenvalue weighted by Crippen LogP contribution is -2.24. The zero-order valence-electron chi connectivity index (χ0n) is 12.3. The standard InChI is InChI=1S/C17H18N2O3/c1-10-11(6-7-16(20)21)9-18-15(10)8-13-12-4-2-3-5-14(12)19-17(13)22/h2-5,8-10,15,18H,6-7H2,1H3,(H,19,22)(H,20,21)/b13-8-. The molecule has 0 spiro atoms. The van der Waals surface area contributed by atoms with E-state index in [2.05, 4.69) is 10.6 Å². The summed E-state index contributed by atoms with van der Waals surface area (Å²) in [5, 5.41) is 14.9. The monoisotopic (exact) mass is 298 g/mol. The highest BCUT2D eigenvalue weighted by Gasteiger charge is 2.29. The molecule has 5 heteroatoms. The number of aliphatic carboxylic acids is 1. The molecule has 0 radical (unpaired) electrons. The van der Waals surface area contributed by atoms with Crippen LogP contribution in [0.15, 0.2) is 42.1 Å². The van der Waals surface area contributed by atoms with Crippen LogP contribution in [0.4, 0.5) is 5.69 Å². The fourth-order valence-electron chi connectivity index (χ4n) is 2.94. The maximum Gasteiger partial charge on any atom is 0.303 e. The second-order valence-electron chi connectivity index (χ2n) is 5.67. The summed E-state index contributed by atoms with van der Waals surface area (Å²) in [6.45, 7) is 2.05. The van der Waals surface area contributed by atoms with Crippen molar-refractivity contribution < 1.29 is 14.7 Å². The fourth-order valence-corrected chi connectivity index (χ4v) is 2.94. The number of carbonyl (C=O) groups excluding carboxylic acids is 1. The SMILES string of the molecule is CC1C(CCC(=O)O)=CNC1/C=C1\C(=O)Nc2ccccc21. The molecule has 0 aliphatic carbocycles. The lowest BCUT2D eigenvalue weighted by Gasteiger charge is -2.15. The normalized spacial score (nSPS) is 24.7. The summed E-state index contributed by atoms with van der Waals surface area (Å²) in [5.41, 5.74) is 3.51. The Morgan fingerprint density at radius 1 is 1.36 bits per heavy atom. The predicted octanol–water partition coefficient (Wildman–Crippen LogP) is 2.38. The third kappa shape index (κ3) is 2.62. The third-order valence-electron chi connectivity index (χ3n) is 4.27. The molecule has 3 N–H and O–H groups in total. The van der Waals surface area contributed by atoms with Gasteiger partial charge >= 0.3 is 5.97 Å². The summed E-state index contributed by atoms with van der Waals surface area (Å²) in [6.07, 6.45) is 4.49. The molecule has 2 unspecified atom stereocenters. The quantitative estimate of drug-likeness (QED) is 0.746. The summed E-state index contributed by atoms with van der Waals surface area (Å²) < 4.78 is 0. The molecular weight excluding hydrogens is 280 g/mol. The molecular formula is C17H18N2O3.